The number of hydrogen-bond acceptors (Lipinski definition) is 1. The molecule has 1 aromatic carbocycles. The van der Waals surface area contributed by atoms with Crippen molar-refractivity contribution in [1.29, 1.82) is 0 Å². The van der Waals surface area contributed by atoms with Crippen LogP contribution in [0.5, 0.6) is 0 Å². The summed E-state index contributed by atoms with van der Waals surface area (Å²) in [5, 5.41) is 5.36. The van der Waals surface area contributed by atoms with Crippen LogP contribution in [0, 0.1) is 0 Å². The molecule has 0 radical (unpaired) electrons. The van der Waals surface area contributed by atoms with Gasteiger partial charge in [0.2, 0.25) is 0 Å². The Morgan fingerprint density at radius 1 is 1.25 bits per heavy atom. The topological polar surface area (TPSA) is 41.1 Å². The van der Waals surface area contributed by atoms with Gasteiger partial charge in [0.05, 0.1) is 0 Å². The maximum atomic E-state index is 11.3. The molecular formula is C13H16N2O. The van der Waals surface area contributed by atoms with Gasteiger partial charge < -0.3 is 10.6 Å². The van der Waals surface area contributed by atoms with Gasteiger partial charge in [-0.15, -0.1) is 0 Å². The average Bonchev–Trinajstić information content (AvgIpc) is 2.33. The van der Waals surface area contributed by atoms with Gasteiger partial charge in [-0.1, -0.05) is 42.5 Å². The SMILES string of the molecule is C/C=C/C=C/NC(=O)NCc1ccccc1. The highest BCUT2D eigenvalue weighted by molar-refractivity contribution is 5.74. The van der Waals surface area contributed by atoms with Crippen molar-refractivity contribution in [2.75, 3.05) is 0 Å². The van der Waals surface area contributed by atoms with Gasteiger partial charge in [0.15, 0.2) is 0 Å². The smallest absolute Gasteiger partial charge is 0.319 e. The van der Waals surface area contributed by atoms with Crippen molar-refractivity contribution in [2.24, 2.45) is 0 Å². The zero-order chi connectivity index (χ0) is 11.6. The van der Waals surface area contributed by atoms with E-state index in [-0.39, 0.29) is 6.03 Å². The Bertz CT molecular complexity index is 369. The molecule has 0 saturated carbocycles. The van der Waals surface area contributed by atoms with Crippen molar-refractivity contribution >= 4 is 6.03 Å². The van der Waals surface area contributed by atoms with E-state index in [4.69, 9.17) is 0 Å². The second-order valence-corrected chi connectivity index (χ2v) is 3.20. The number of hydrogen-bond donors (Lipinski definition) is 2. The van der Waals surface area contributed by atoms with Crippen LogP contribution in [-0.2, 0) is 6.54 Å². The summed E-state index contributed by atoms with van der Waals surface area (Å²) in [5.41, 5.74) is 1.08. The molecule has 1 aromatic rings. The first-order valence-corrected chi connectivity index (χ1v) is 5.19. The summed E-state index contributed by atoms with van der Waals surface area (Å²) in [4.78, 5) is 11.3. The average molecular weight is 216 g/mol. The lowest BCUT2D eigenvalue weighted by Gasteiger charge is -2.03. The third kappa shape index (κ3) is 5.00. The van der Waals surface area contributed by atoms with E-state index in [1.165, 1.54) is 0 Å². The highest BCUT2D eigenvalue weighted by Gasteiger charge is 1.96. The van der Waals surface area contributed by atoms with E-state index in [0.29, 0.717) is 6.54 Å². The first-order chi connectivity index (χ1) is 7.83. The van der Waals surface area contributed by atoms with Gasteiger partial charge in [0, 0.05) is 12.7 Å². The highest BCUT2D eigenvalue weighted by Crippen LogP contribution is 1.96. The molecule has 0 aliphatic heterocycles. The van der Waals surface area contributed by atoms with E-state index in [1.54, 1.807) is 12.3 Å². The summed E-state index contributed by atoms with van der Waals surface area (Å²) in [6, 6.07) is 9.57. The summed E-state index contributed by atoms with van der Waals surface area (Å²) < 4.78 is 0. The Labute approximate surface area is 95.9 Å². The lowest BCUT2D eigenvalue weighted by molar-refractivity contribution is 0.244. The molecule has 16 heavy (non-hydrogen) atoms. The van der Waals surface area contributed by atoms with Crippen molar-refractivity contribution in [3.05, 3.63) is 60.3 Å². The molecular weight excluding hydrogens is 200 g/mol. The van der Waals surface area contributed by atoms with E-state index in [1.807, 2.05) is 49.4 Å². The van der Waals surface area contributed by atoms with Gasteiger partial charge in [-0.3, -0.25) is 0 Å². The first kappa shape index (κ1) is 12.0. The maximum absolute atomic E-state index is 11.3. The Kier molecular flexibility index (Phi) is 5.48. The third-order valence-corrected chi connectivity index (χ3v) is 1.91. The molecule has 0 unspecified atom stereocenters. The molecule has 1 rings (SSSR count). The van der Waals surface area contributed by atoms with Crippen LogP contribution in [0.4, 0.5) is 4.79 Å². The molecule has 0 saturated heterocycles. The van der Waals surface area contributed by atoms with Crippen molar-refractivity contribution in [2.45, 2.75) is 13.5 Å². The Balaban J connectivity index is 2.25. The van der Waals surface area contributed by atoms with Crippen LogP contribution in [0.3, 0.4) is 0 Å². The van der Waals surface area contributed by atoms with E-state index < -0.39 is 0 Å². The standard InChI is InChI=1S/C13H16N2O/c1-2-3-7-10-14-13(16)15-11-12-8-5-4-6-9-12/h2-10H,11H2,1H3,(H2,14,15,16)/b3-2+,10-7+. The maximum Gasteiger partial charge on any atom is 0.319 e. The van der Waals surface area contributed by atoms with Gasteiger partial charge in [0.25, 0.3) is 0 Å². The molecule has 2 N–H and O–H groups in total. The Hall–Kier alpha value is -2.03. The Morgan fingerprint density at radius 3 is 2.69 bits per heavy atom. The van der Waals surface area contributed by atoms with Crippen molar-refractivity contribution in [3.63, 3.8) is 0 Å². The molecule has 0 fully saturated rings. The quantitative estimate of drug-likeness (QED) is 0.746. The van der Waals surface area contributed by atoms with Crippen LogP contribution in [0.2, 0.25) is 0 Å². The number of amides is 2. The molecule has 0 aliphatic carbocycles. The summed E-state index contributed by atoms with van der Waals surface area (Å²) in [6.07, 6.45) is 7.10. The molecule has 2 amide bonds. The van der Waals surface area contributed by atoms with Crippen LogP contribution in [0.1, 0.15) is 12.5 Å². The lowest BCUT2D eigenvalue weighted by Crippen LogP contribution is -2.31. The van der Waals surface area contributed by atoms with Crippen LogP contribution >= 0.6 is 0 Å². The predicted octanol–water partition coefficient (Wildman–Crippen LogP) is 2.58. The van der Waals surface area contributed by atoms with E-state index in [2.05, 4.69) is 10.6 Å². The molecule has 0 heterocycles. The largest absolute Gasteiger partial charge is 0.334 e. The number of benzene rings is 1. The number of carbonyl (C=O) groups excluding carboxylic acids is 1. The molecule has 0 spiro atoms. The van der Waals surface area contributed by atoms with E-state index >= 15 is 0 Å². The fraction of sp³-hybridized carbons (Fsp3) is 0.154. The zero-order valence-electron chi connectivity index (χ0n) is 9.31. The summed E-state index contributed by atoms with van der Waals surface area (Å²) in [6.45, 7) is 2.45. The number of carbonyl (C=O) groups is 1. The van der Waals surface area contributed by atoms with Crippen molar-refractivity contribution in [1.82, 2.24) is 10.6 Å². The molecule has 3 nitrogen and oxygen atoms in total. The zero-order valence-corrected chi connectivity index (χ0v) is 9.31. The monoisotopic (exact) mass is 216 g/mol. The molecule has 3 heteroatoms. The summed E-state index contributed by atoms with van der Waals surface area (Å²) in [7, 11) is 0. The number of urea groups is 1. The minimum atomic E-state index is -0.204. The lowest BCUT2D eigenvalue weighted by atomic mass is 10.2. The third-order valence-electron chi connectivity index (χ3n) is 1.91. The fourth-order valence-corrected chi connectivity index (χ4v) is 1.12. The molecule has 0 atom stereocenters. The fourth-order valence-electron chi connectivity index (χ4n) is 1.12. The predicted molar refractivity (Wildman–Crippen MR) is 65.8 cm³/mol. The van der Waals surface area contributed by atoms with Gasteiger partial charge in [-0.2, -0.15) is 0 Å². The van der Waals surface area contributed by atoms with Crippen LogP contribution in [0.15, 0.2) is 54.8 Å². The number of rotatable bonds is 4. The first-order valence-electron chi connectivity index (χ1n) is 5.19. The normalized spacial score (nSPS) is 10.8. The van der Waals surface area contributed by atoms with Gasteiger partial charge in [0.1, 0.15) is 0 Å². The van der Waals surface area contributed by atoms with E-state index in [0.717, 1.165) is 5.56 Å². The molecule has 0 aliphatic rings. The Morgan fingerprint density at radius 2 is 2.00 bits per heavy atom. The summed E-state index contributed by atoms with van der Waals surface area (Å²) >= 11 is 0. The van der Waals surface area contributed by atoms with Crippen LogP contribution < -0.4 is 10.6 Å². The van der Waals surface area contributed by atoms with Crippen LogP contribution in [0.25, 0.3) is 0 Å². The highest BCUT2D eigenvalue weighted by atomic mass is 16.2. The van der Waals surface area contributed by atoms with Crippen molar-refractivity contribution in [3.8, 4) is 0 Å². The van der Waals surface area contributed by atoms with E-state index in [9.17, 15) is 4.79 Å². The van der Waals surface area contributed by atoms with Crippen molar-refractivity contribution < 1.29 is 4.79 Å². The molecule has 0 bridgehead atoms. The number of nitrogens with one attached hydrogen (secondary N) is 2. The van der Waals surface area contributed by atoms with Gasteiger partial charge >= 0.3 is 6.03 Å². The minimum absolute atomic E-state index is 0.204. The minimum Gasteiger partial charge on any atom is -0.334 e. The summed E-state index contributed by atoms with van der Waals surface area (Å²) in [5.74, 6) is 0. The number of allylic oxidation sites excluding steroid dienone is 3. The second-order valence-electron chi connectivity index (χ2n) is 3.20. The second kappa shape index (κ2) is 7.29. The molecule has 84 valence electrons. The van der Waals surface area contributed by atoms with Crippen LogP contribution in [-0.4, -0.2) is 6.03 Å². The molecule has 0 aromatic heterocycles. The van der Waals surface area contributed by atoms with Gasteiger partial charge in [-0.05, 0) is 18.6 Å². The van der Waals surface area contributed by atoms with Gasteiger partial charge in [-0.25, -0.2) is 4.79 Å².